The first-order valence-corrected chi connectivity index (χ1v) is 16.5. The Morgan fingerprint density at radius 3 is 2.60 bits per heavy atom. The first-order chi connectivity index (χ1) is 20.6. The lowest BCUT2D eigenvalue weighted by Gasteiger charge is -2.49. The molecule has 6 atom stereocenters. The van der Waals surface area contributed by atoms with Crippen molar-refractivity contribution in [2.45, 2.75) is 75.1 Å². The number of rotatable bonds is 9. The average Bonchev–Trinajstić information content (AvgIpc) is 3.09. The van der Waals surface area contributed by atoms with Crippen LogP contribution in [0.4, 0.5) is 19.3 Å². The minimum atomic E-state index is -2.93. The molecule has 13 heteroatoms. The largest absolute Gasteiger partial charge is 0.465 e. The Hall–Kier alpha value is -2.81. The Labute approximate surface area is 251 Å². The Bertz CT molecular complexity index is 1280. The molecule has 0 saturated carbocycles. The fraction of sp³-hybridized carbons (Fsp3) is 0.533. The van der Waals surface area contributed by atoms with Gasteiger partial charge in [0.25, 0.3) is 0 Å². The van der Waals surface area contributed by atoms with E-state index in [0.29, 0.717) is 50.3 Å². The molecule has 3 saturated heterocycles. The highest BCUT2D eigenvalue weighted by molar-refractivity contribution is 8.22. The maximum absolute atomic E-state index is 15.2. The summed E-state index contributed by atoms with van der Waals surface area (Å²) < 4.78 is 58.3. The molecule has 0 radical (unpaired) electrons. The Kier molecular flexibility index (Phi) is 10.2. The number of carboxylic acid groups (broad SMARTS) is 1. The molecule has 10 nitrogen and oxygen atoms in total. The quantitative estimate of drug-likeness (QED) is 0.231. The number of hydrogen-bond acceptors (Lipinski definition) is 7. The molecule has 2 amide bonds. The summed E-state index contributed by atoms with van der Waals surface area (Å²) >= 11 is 0. The van der Waals surface area contributed by atoms with Gasteiger partial charge in [0.05, 0.1) is 11.9 Å². The summed E-state index contributed by atoms with van der Waals surface area (Å²) in [6, 6.07) is 8.50. The molecule has 236 valence electrons. The van der Waals surface area contributed by atoms with E-state index in [4.69, 9.17) is 4.74 Å². The Morgan fingerprint density at radius 1 is 1.09 bits per heavy atom. The van der Waals surface area contributed by atoms with Crippen LogP contribution in [0.5, 0.6) is 0 Å². The van der Waals surface area contributed by atoms with Crippen molar-refractivity contribution in [3.8, 4) is 0 Å². The predicted molar refractivity (Wildman–Crippen MR) is 160 cm³/mol. The van der Waals surface area contributed by atoms with Gasteiger partial charge in [0, 0.05) is 48.9 Å². The van der Waals surface area contributed by atoms with Gasteiger partial charge in [-0.1, -0.05) is 18.2 Å². The molecule has 2 bridgehead atoms. The summed E-state index contributed by atoms with van der Waals surface area (Å²) in [7, 11) is -2.93. The minimum absolute atomic E-state index is 0.175. The SMILES string of the molecule is O=C(O)N[C@H](C(=O)Nc1cccc(F)c1CC[C@H]1CN[C@@H]2CCCS(O)(O)N1C2)[C@@H](c1ccc(F)cc1)C1CCCCO1. The van der Waals surface area contributed by atoms with E-state index in [0.717, 1.165) is 19.3 Å². The maximum atomic E-state index is 15.2. The van der Waals surface area contributed by atoms with Crippen molar-refractivity contribution >= 4 is 28.5 Å². The Balaban J connectivity index is 1.38. The lowest BCUT2D eigenvalue weighted by molar-refractivity contribution is -0.120. The van der Waals surface area contributed by atoms with Crippen LogP contribution in [0.2, 0.25) is 0 Å². The maximum Gasteiger partial charge on any atom is 0.405 e. The van der Waals surface area contributed by atoms with Gasteiger partial charge in [0.15, 0.2) is 0 Å². The fourth-order valence-corrected chi connectivity index (χ4v) is 8.40. The topological polar surface area (TPSA) is 143 Å². The monoisotopic (exact) mass is 622 g/mol. The number of hydrogen-bond donors (Lipinski definition) is 6. The van der Waals surface area contributed by atoms with E-state index >= 15 is 4.39 Å². The molecule has 2 aromatic carbocycles. The highest BCUT2D eigenvalue weighted by Gasteiger charge is 2.40. The normalized spacial score (nSPS) is 27.3. The molecule has 2 unspecified atom stereocenters. The smallest absolute Gasteiger partial charge is 0.405 e. The zero-order valence-electron chi connectivity index (χ0n) is 23.9. The van der Waals surface area contributed by atoms with Gasteiger partial charge in [-0.15, -0.1) is 10.8 Å². The molecule has 5 rings (SSSR count). The summed E-state index contributed by atoms with van der Waals surface area (Å²) in [6.07, 6.45) is 2.53. The van der Waals surface area contributed by atoms with Crippen LogP contribution in [-0.2, 0) is 16.0 Å². The molecule has 6 N–H and O–H groups in total. The van der Waals surface area contributed by atoms with Gasteiger partial charge in [-0.05, 0) is 74.8 Å². The molecule has 3 aliphatic heterocycles. The average molecular weight is 623 g/mol. The lowest BCUT2D eigenvalue weighted by atomic mass is 9.82. The van der Waals surface area contributed by atoms with E-state index in [1.54, 1.807) is 10.4 Å². The number of amides is 2. The summed E-state index contributed by atoms with van der Waals surface area (Å²) in [5.41, 5.74) is 0.987. The third-order valence-electron chi connectivity index (χ3n) is 8.69. The third-order valence-corrected chi connectivity index (χ3v) is 10.7. The third kappa shape index (κ3) is 7.65. The minimum Gasteiger partial charge on any atom is -0.465 e. The predicted octanol–water partition coefficient (Wildman–Crippen LogP) is 4.93. The van der Waals surface area contributed by atoms with Gasteiger partial charge >= 0.3 is 6.09 Å². The number of nitrogens with one attached hydrogen (secondary N) is 3. The highest BCUT2D eigenvalue weighted by atomic mass is 32.3. The number of anilines is 1. The number of carbonyl (C=O) groups is 2. The van der Waals surface area contributed by atoms with Gasteiger partial charge in [0.2, 0.25) is 5.91 Å². The zero-order valence-corrected chi connectivity index (χ0v) is 24.7. The first kappa shape index (κ1) is 31.6. The van der Waals surface area contributed by atoms with E-state index in [9.17, 15) is 28.2 Å². The summed E-state index contributed by atoms with van der Waals surface area (Å²) in [6.45, 7) is 1.49. The first-order valence-electron chi connectivity index (χ1n) is 14.8. The number of carbonyl (C=O) groups excluding carboxylic acids is 1. The molecule has 3 heterocycles. The van der Waals surface area contributed by atoms with Crippen molar-refractivity contribution in [3.05, 3.63) is 65.2 Å². The van der Waals surface area contributed by atoms with Crippen LogP contribution in [0.25, 0.3) is 0 Å². The second-order valence-corrected chi connectivity index (χ2v) is 13.7. The van der Waals surface area contributed by atoms with Crippen LogP contribution in [0.3, 0.4) is 0 Å². The van der Waals surface area contributed by atoms with Crippen molar-refractivity contribution in [2.24, 2.45) is 0 Å². The summed E-state index contributed by atoms with van der Waals surface area (Å²) in [5.74, 6) is -2.14. The number of ether oxygens (including phenoxy) is 1. The van der Waals surface area contributed by atoms with E-state index in [1.165, 1.54) is 36.4 Å². The zero-order chi connectivity index (χ0) is 30.6. The summed E-state index contributed by atoms with van der Waals surface area (Å²) in [5, 5.41) is 18.2. The van der Waals surface area contributed by atoms with Crippen molar-refractivity contribution < 1.29 is 37.3 Å². The fourth-order valence-electron chi connectivity index (χ4n) is 6.53. The standard InChI is InChI=1S/C30H40F2N4O6S/c31-20-11-9-19(10-12-20)27(26-8-1-2-15-42-26)28(35-30(38)39)29(37)34-25-7-3-6-24(32)23(25)14-13-22-17-33-21-5-4-16-43(40,41)36(22)18-21/h3,6-7,9-12,21-22,26-28,33,35,40-41H,1-2,4-5,8,13-18H2,(H,34,37)(H,38,39)/t21-,22+,26?,27+,28+/m1/s1. The highest BCUT2D eigenvalue weighted by Crippen LogP contribution is 2.49. The van der Waals surface area contributed by atoms with Gasteiger partial charge in [-0.3, -0.25) is 13.9 Å². The second kappa shape index (κ2) is 13.9. The van der Waals surface area contributed by atoms with Gasteiger partial charge < -0.3 is 25.8 Å². The molecule has 43 heavy (non-hydrogen) atoms. The van der Waals surface area contributed by atoms with E-state index in [1.807, 2.05) is 0 Å². The van der Waals surface area contributed by atoms with E-state index in [-0.39, 0.29) is 29.8 Å². The van der Waals surface area contributed by atoms with Crippen molar-refractivity contribution in [3.63, 3.8) is 0 Å². The Morgan fingerprint density at radius 2 is 1.88 bits per heavy atom. The molecule has 0 spiro atoms. The van der Waals surface area contributed by atoms with Crippen LogP contribution >= 0.6 is 10.8 Å². The molecule has 3 aliphatic rings. The van der Waals surface area contributed by atoms with Crippen LogP contribution < -0.4 is 16.0 Å². The van der Waals surface area contributed by atoms with Gasteiger partial charge in [0.1, 0.15) is 17.7 Å². The molecule has 0 aromatic heterocycles. The second-order valence-electron chi connectivity index (χ2n) is 11.5. The molecular weight excluding hydrogens is 582 g/mol. The van der Waals surface area contributed by atoms with Crippen molar-refractivity contribution in [2.75, 3.05) is 30.8 Å². The number of benzene rings is 2. The number of fused-ring (bicyclic) bond motifs is 2. The van der Waals surface area contributed by atoms with Crippen molar-refractivity contribution in [1.82, 2.24) is 14.9 Å². The molecule has 0 aliphatic carbocycles. The van der Waals surface area contributed by atoms with Crippen LogP contribution in [0, 0.1) is 11.6 Å². The number of halogens is 2. The van der Waals surface area contributed by atoms with Crippen LogP contribution in [-0.4, -0.2) is 80.2 Å². The van der Waals surface area contributed by atoms with E-state index < -0.39 is 52.5 Å². The van der Waals surface area contributed by atoms with E-state index in [2.05, 4.69) is 16.0 Å². The van der Waals surface area contributed by atoms with Crippen LogP contribution in [0.1, 0.15) is 55.6 Å². The van der Waals surface area contributed by atoms with Crippen molar-refractivity contribution in [1.29, 1.82) is 0 Å². The number of nitrogens with zero attached hydrogens (tertiary/aromatic N) is 1. The summed E-state index contributed by atoms with van der Waals surface area (Å²) in [4.78, 5) is 25.7. The molecule has 2 aromatic rings. The lowest BCUT2D eigenvalue weighted by Crippen LogP contribution is -2.55. The number of piperazine rings is 1. The molecule has 3 fully saturated rings. The molecular formula is C30H40F2N4O6S. The van der Waals surface area contributed by atoms with Crippen LogP contribution in [0.15, 0.2) is 42.5 Å². The van der Waals surface area contributed by atoms with Gasteiger partial charge in [-0.25, -0.2) is 17.9 Å². The van der Waals surface area contributed by atoms with Gasteiger partial charge in [-0.2, -0.15) is 0 Å².